The smallest absolute Gasteiger partial charge is 0.361 e. The Morgan fingerprint density at radius 2 is 0.781 bits per heavy atom. The molecule has 0 aromatic rings. The van der Waals surface area contributed by atoms with Crippen LogP contribution in [0.5, 0.6) is 0 Å². The molecular weight excluding hydrogens is 911 g/mol. The fraction of sp³-hybridized carbons (Fsp3) is 0.734. The Morgan fingerprint density at radius 3 is 1.16 bits per heavy atom. The molecule has 420 valence electrons. The monoisotopic (exact) mass is 1020 g/mol. The van der Waals surface area contributed by atoms with Gasteiger partial charge in [-0.2, -0.15) is 0 Å². The lowest BCUT2D eigenvalue weighted by Gasteiger charge is -2.25. The Hall–Kier alpha value is -3.53. The fourth-order valence-electron chi connectivity index (χ4n) is 8.07. The number of quaternary nitrogens is 1. The minimum absolute atomic E-state index is 0.180. The van der Waals surface area contributed by atoms with Crippen molar-refractivity contribution in [3.05, 3.63) is 85.1 Å². The number of likely N-dealkylation sites (N-methyl/N-ethyl adjacent to an activating group) is 1. The number of aliphatic carboxylic acids is 1. The maximum atomic E-state index is 12.9. The number of hydrogen-bond acceptors (Lipinski definition) is 7. The van der Waals surface area contributed by atoms with Crippen LogP contribution >= 0.6 is 0 Å². The molecule has 0 saturated heterocycles. The highest BCUT2D eigenvalue weighted by molar-refractivity contribution is 5.71. The first-order chi connectivity index (χ1) is 35.6. The molecule has 9 nitrogen and oxygen atoms in total. The number of ether oxygens (including phenoxy) is 4. The molecule has 2 atom stereocenters. The lowest BCUT2D eigenvalue weighted by atomic mass is 10.0. The van der Waals surface area contributed by atoms with Crippen molar-refractivity contribution >= 4 is 17.9 Å². The number of hydrogen-bond donors (Lipinski definition) is 1. The molecule has 1 N–H and O–H groups in total. The highest BCUT2D eigenvalue weighted by atomic mass is 16.7. The molecule has 0 aromatic carbocycles. The third-order valence-electron chi connectivity index (χ3n) is 12.6. The minimum Gasteiger partial charge on any atom is -0.477 e. The molecule has 2 unspecified atom stereocenters. The van der Waals surface area contributed by atoms with Crippen molar-refractivity contribution in [3.8, 4) is 0 Å². The van der Waals surface area contributed by atoms with Gasteiger partial charge in [-0.1, -0.05) is 227 Å². The fourth-order valence-corrected chi connectivity index (χ4v) is 8.07. The molecule has 0 fully saturated rings. The maximum Gasteiger partial charge on any atom is 0.361 e. The number of carboxylic acids is 1. The average molecular weight is 1020 g/mol. The van der Waals surface area contributed by atoms with Gasteiger partial charge in [0.05, 0.1) is 34.4 Å². The number of rotatable bonds is 54. The highest BCUT2D eigenvalue weighted by Gasteiger charge is 2.25. The SMILES string of the molecule is CC/C=C\C/C=C\C/C=C\C/C=C\C/C=C\CCCCCCCC(=O)OC(COC(=O)CCCCCCCCCCCCCCCCC/C=C\C/C=C\CCCCCCC)COC(OCC[N+](C)(C)C)C(=O)O. The van der Waals surface area contributed by atoms with Gasteiger partial charge >= 0.3 is 17.9 Å². The van der Waals surface area contributed by atoms with Crippen LogP contribution in [-0.2, 0) is 33.3 Å². The predicted molar refractivity (Wildman–Crippen MR) is 309 cm³/mol. The van der Waals surface area contributed by atoms with Crippen molar-refractivity contribution in [3.63, 3.8) is 0 Å². The summed E-state index contributed by atoms with van der Waals surface area (Å²) in [6.45, 7) is 4.74. The van der Waals surface area contributed by atoms with Crippen LogP contribution in [-0.4, -0.2) is 87.4 Å². The number of carbonyl (C=O) groups is 3. The first kappa shape index (κ1) is 69.5. The summed E-state index contributed by atoms with van der Waals surface area (Å²) in [5, 5.41) is 9.71. The van der Waals surface area contributed by atoms with E-state index in [4.69, 9.17) is 18.9 Å². The van der Waals surface area contributed by atoms with Gasteiger partial charge in [0.2, 0.25) is 0 Å². The third kappa shape index (κ3) is 56.0. The maximum absolute atomic E-state index is 12.9. The van der Waals surface area contributed by atoms with E-state index in [-0.39, 0.29) is 32.2 Å². The van der Waals surface area contributed by atoms with Crippen LogP contribution in [0.15, 0.2) is 85.1 Å². The zero-order valence-corrected chi connectivity index (χ0v) is 47.8. The summed E-state index contributed by atoms with van der Waals surface area (Å²) < 4.78 is 22.9. The van der Waals surface area contributed by atoms with Crippen LogP contribution in [0.3, 0.4) is 0 Å². The van der Waals surface area contributed by atoms with Crippen molar-refractivity contribution in [2.75, 3.05) is 47.5 Å². The van der Waals surface area contributed by atoms with Gasteiger partial charge in [0, 0.05) is 12.8 Å². The number of carbonyl (C=O) groups excluding carboxylic acids is 2. The summed E-state index contributed by atoms with van der Waals surface area (Å²) in [7, 11) is 5.96. The van der Waals surface area contributed by atoms with Crippen molar-refractivity contribution in [1.29, 1.82) is 0 Å². The molecule has 0 spiro atoms. The molecule has 0 aliphatic rings. The van der Waals surface area contributed by atoms with E-state index >= 15 is 0 Å². The van der Waals surface area contributed by atoms with Gasteiger partial charge in [-0.25, -0.2) is 4.79 Å². The zero-order valence-electron chi connectivity index (χ0n) is 47.8. The van der Waals surface area contributed by atoms with Crippen molar-refractivity contribution in [1.82, 2.24) is 0 Å². The summed E-state index contributed by atoms with van der Waals surface area (Å²) >= 11 is 0. The molecule has 0 aliphatic carbocycles. The molecular formula is C64H112NO8+. The summed E-state index contributed by atoms with van der Waals surface area (Å²) in [5.41, 5.74) is 0. The molecule has 0 radical (unpaired) electrons. The lowest BCUT2D eigenvalue weighted by molar-refractivity contribution is -0.870. The van der Waals surface area contributed by atoms with E-state index in [2.05, 4.69) is 98.9 Å². The highest BCUT2D eigenvalue weighted by Crippen LogP contribution is 2.16. The van der Waals surface area contributed by atoms with Crippen molar-refractivity contribution < 1.29 is 42.9 Å². The number of allylic oxidation sites excluding steroid dienone is 14. The summed E-state index contributed by atoms with van der Waals surface area (Å²) in [4.78, 5) is 37.4. The number of esters is 2. The number of unbranched alkanes of at least 4 members (excludes halogenated alkanes) is 25. The molecule has 0 saturated carbocycles. The van der Waals surface area contributed by atoms with Gasteiger partial charge < -0.3 is 28.5 Å². The van der Waals surface area contributed by atoms with Gasteiger partial charge in [0.25, 0.3) is 6.29 Å². The van der Waals surface area contributed by atoms with Crippen LogP contribution in [0.2, 0.25) is 0 Å². The Kier molecular flexibility index (Phi) is 52.1. The van der Waals surface area contributed by atoms with E-state index in [1.54, 1.807) is 0 Å². The topological polar surface area (TPSA) is 108 Å². The largest absolute Gasteiger partial charge is 0.477 e. The van der Waals surface area contributed by atoms with Crippen LogP contribution in [0.25, 0.3) is 0 Å². The van der Waals surface area contributed by atoms with E-state index < -0.39 is 24.3 Å². The van der Waals surface area contributed by atoms with Crippen LogP contribution < -0.4 is 0 Å². The van der Waals surface area contributed by atoms with E-state index in [9.17, 15) is 19.5 Å². The molecule has 73 heavy (non-hydrogen) atoms. The second-order valence-corrected chi connectivity index (χ2v) is 20.9. The molecule has 0 heterocycles. The quantitative estimate of drug-likeness (QED) is 0.0211. The molecule has 0 aliphatic heterocycles. The summed E-state index contributed by atoms with van der Waals surface area (Å²) in [6.07, 6.45) is 69.5. The van der Waals surface area contributed by atoms with Crippen molar-refractivity contribution in [2.24, 2.45) is 0 Å². The van der Waals surface area contributed by atoms with Gasteiger partial charge in [0.1, 0.15) is 13.2 Å². The van der Waals surface area contributed by atoms with E-state index in [1.165, 1.54) is 122 Å². The number of nitrogens with zero attached hydrogens (tertiary/aromatic N) is 1. The lowest BCUT2D eigenvalue weighted by Crippen LogP contribution is -2.40. The molecule has 0 bridgehead atoms. The Labute approximate surface area is 449 Å². The standard InChI is InChI=1S/C64H111NO8/c1-6-8-10-12-14-16-18-20-22-24-26-28-29-30-31-32-33-35-36-38-40-42-44-46-48-50-52-54-61(66)71-58-60(59-72-64(63(68)69)70-57-56-65(3,4)5)73-62(67)55-53-51-49-47-45-43-41-39-37-34-27-25-23-21-19-17-15-13-11-9-7-2/h9,11,15,17-18,20-21,23-24,26-27,34,39,41,60,64H,6-8,10,12-14,16,19,22,25,28-33,35-38,40,42-59H2,1-5H3/p+1/b11-9-,17-15-,20-18-,23-21-,26-24-,34-27-,41-39-. The molecule has 9 heteroatoms. The first-order valence-electron chi connectivity index (χ1n) is 29.8. The molecule has 0 aromatic heterocycles. The normalized spacial score (nSPS) is 13.4. The van der Waals surface area contributed by atoms with E-state index in [0.29, 0.717) is 23.9 Å². The zero-order chi connectivity index (χ0) is 53.4. The Morgan fingerprint density at radius 1 is 0.425 bits per heavy atom. The van der Waals surface area contributed by atoms with Gasteiger partial charge in [-0.05, 0) is 89.9 Å². The van der Waals surface area contributed by atoms with Crippen LogP contribution in [0.4, 0.5) is 0 Å². The summed E-state index contributed by atoms with van der Waals surface area (Å²) in [5.74, 6) is -2.03. The second kappa shape index (κ2) is 54.7. The van der Waals surface area contributed by atoms with Crippen LogP contribution in [0.1, 0.15) is 245 Å². The molecule has 0 amide bonds. The van der Waals surface area contributed by atoms with Gasteiger partial charge in [-0.3, -0.25) is 9.59 Å². The van der Waals surface area contributed by atoms with Gasteiger partial charge in [0.15, 0.2) is 6.10 Å². The first-order valence-corrected chi connectivity index (χ1v) is 29.8. The second-order valence-electron chi connectivity index (χ2n) is 20.9. The average Bonchev–Trinajstić information content (AvgIpc) is 3.36. The van der Waals surface area contributed by atoms with E-state index in [0.717, 1.165) is 89.9 Å². The molecule has 0 rings (SSSR count). The Balaban J connectivity index is 4.25. The van der Waals surface area contributed by atoms with Crippen molar-refractivity contribution in [2.45, 2.75) is 257 Å². The summed E-state index contributed by atoms with van der Waals surface area (Å²) in [6, 6.07) is 0. The third-order valence-corrected chi connectivity index (χ3v) is 12.6. The Bertz CT molecular complexity index is 1470. The van der Waals surface area contributed by atoms with Crippen LogP contribution in [0, 0.1) is 0 Å². The van der Waals surface area contributed by atoms with Gasteiger partial charge in [-0.15, -0.1) is 0 Å². The predicted octanol–water partition coefficient (Wildman–Crippen LogP) is 17.6. The minimum atomic E-state index is -1.52. The van der Waals surface area contributed by atoms with E-state index in [1.807, 2.05) is 21.1 Å². The number of carboxylic acid groups (broad SMARTS) is 1.